The first-order valence-electron chi connectivity index (χ1n) is 10.9. The molecule has 0 unspecified atom stereocenters. The number of hydrogen-bond acceptors (Lipinski definition) is 6. The van der Waals surface area contributed by atoms with Gasteiger partial charge in [-0.2, -0.15) is 0 Å². The number of carbonyl (C=O) groups excluding carboxylic acids is 2. The van der Waals surface area contributed by atoms with Crippen LogP contribution in [-0.4, -0.2) is 44.6 Å². The summed E-state index contributed by atoms with van der Waals surface area (Å²) >= 11 is 0. The molecule has 4 aromatic rings. The molecule has 178 valence electrons. The van der Waals surface area contributed by atoms with Crippen LogP contribution >= 0.6 is 0 Å². The Morgan fingerprint density at radius 2 is 1.66 bits per heavy atom. The average molecular weight is 491 g/mol. The fraction of sp³-hybridized carbons (Fsp3) is 0.154. The number of fused-ring (bicyclic) bond motifs is 2. The van der Waals surface area contributed by atoms with Crippen LogP contribution in [0, 0.1) is 0 Å². The largest absolute Gasteiger partial charge is 0.476 e. The molecule has 0 aliphatic carbocycles. The van der Waals surface area contributed by atoms with Gasteiger partial charge in [-0.05, 0) is 23.8 Å². The van der Waals surface area contributed by atoms with E-state index in [1.165, 1.54) is 22.2 Å². The van der Waals surface area contributed by atoms with E-state index >= 15 is 0 Å². The molecule has 2 heterocycles. The van der Waals surface area contributed by atoms with Crippen molar-refractivity contribution in [3.63, 3.8) is 0 Å². The Kier molecular flexibility index (Phi) is 5.78. The molecule has 0 saturated heterocycles. The van der Waals surface area contributed by atoms with E-state index in [0.717, 1.165) is 0 Å². The van der Waals surface area contributed by atoms with Gasteiger partial charge in [0.15, 0.2) is 6.10 Å². The fourth-order valence-corrected chi connectivity index (χ4v) is 5.83. The first-order valence-corrected chi connectivity index (χ1v) is 12.5. The van der Waals surface area contributed by atoms with Gasteiger partial charge in [-0.3, -0.25) is 13.7 Å². The van der Waals surface area contributed by atoms with Crippen molar-refractivity contribution in [2.45, 2.75) is 11.9 Å². The number of esters is 1. The van der Waals surface area contributed by atoms with Gasteiger partial charge >= 0.3 is 5.97 Å². The number of rotatable bonds is 5. The Hall–Kier alpha value is -4.11. The predicted molar refractivity (Wildman–Crippen MR) is 131 cm³/mol. The minimum Gasteiger partial charge on any atom is -0.476 e. The third-order valence-electron chi connectivity index (χ3n) is 5.89. The molecule has 0 fully saturated rings. The molecule has 3 aromatic carbocycles. The number of para-hydroxylation sites is 3. The number of anilines is 1. The highest BCUT2D eigenvalue weighted by atomic mass is 32.2. The normalized spacial score (nSPS) is 15.3. The van der Waals surface area contributed by atoms with Gasteiger partial charge in [0.05, 0.1) is 36.2 Å². The predicted octanol–water partition coefficient (Wildman–Crippen LogP) is 3.87. The van der Waals surface area contributed by atoms with Crippen molar-refractivity contribution in [2.75, 3.05) is 18.0 Å². The van der Waals surface area contributed by atoms with Crippen molar-refractivity contribution in [3.8, 4) is 5.75 Å². The second-order valence-electron chi connectivity index (χ2n) is 8.11. The van der Waals surface area contributed by atoms with E-state index in [-0.39, 0.29) is 17.9 Å². The summed E-state index contributed by atoms with van der Waals surface area (Å²) in [5, 5.41) is 0.553. The number of sulfonamides is 1. The maximum absolute atomic E-state index is 13.6. The smallest absolute Gasteiger partial charge is 0.340 e. The lowest BCUT2D eigenvalue weighted by molar-refractivity contribution is 0.0602. The summed E-state index contributed by atoms with van der Waals surface area (Å²) in [6.45, 7) is -0.203. The molecule has 1 aliphatic rings. The zero-order valence-corrected chi connectivity index (χ0v) is 19.6. The molecular weight excluding hydrogens is 468 g/mol. The van der Waals surface area contributed by atoms with Crippen LogP contribution in [0.3, 0.4) is 0 Å². The molecule has 0 saturated carbocycles. The van der Waals surface area contributed by atoms with E-state index in [1.54, 1.807) is 72.8 Å². The second-order valence-corrected chi connectivity index (χ2v) is 10.0. The molecule has 0 amide bonds. The van der Waals surface area contributed by atoms with Crippen LogP contribution in [0.25, 0.3) is 10.9 Å². The summed E-state index contributed by atoms with van der Waals surface area (Å²) in [5.41, 5.74) is 1.75. The minimum atomic E-state index is -3.84. The highest BCUT2D eigenvalue weighted by molar-refractivity contribution is 7.92. The monoisotopic (exact) mass is 490 g/mol. The highest BCUT2D eigenvalue weighted by Gasteiger charge is 2.38. The molecule has 0 N–H and O–H groups in total. The molecule has 1 atom stereocenters. The molecule has 1 aliphatic heterocycles. The van der Waals surface area contributed by atoms with Gasteiger partial charge in [0.2, 0.25) is 10.0 Å². The number of aromatic nitrogens is 1. The Morgan fingerprint density at radius 1 is 0.971 bits per heavy atom. The Morgan fingerprint density at radius 3 is 2.43 bits per heavy atom. The molecule has 8 nitrogen and oxygen atoms in total. The van der Waals surface area contributed by atoms with E-state index in [4.69, 9.17) is 9.47 Å². The van der Waals surface area contributed by atoms with Crippen LogP contribution in [0.15, 0.2) is 85.1 Å². The second kappa shape index (κ2) is 8.92. The van der Waals surface area contributed by atoms with E-state index in [2.05, 4.69) is 0 Å². The summed E-state index contributed by atoms with van der Waals surface area (Å²) in [5.74, 6) is -0.999. The van der Waals surface area contributed by atoms with Crippen LogP contribution in [0.1, 0.15) is 20.7 Å². The molecule has 0 radical (unpaired) electrons. The Labute approximate surface area is 202 Å². The van der Waals surface area contributed by atoms with Crippen LogP contribution < -0.4 is 9.04 Å². The molecule has 9 heteroatoms. The highest BCUT2D eigenvalue weighted by Crippen LogP contribution is 2.36. The van der Waals surface area contributed by atoms with Gasteiger partial charge in [-0.25, -0.2) is 13.2 Å². The minimum absolute atomic E-state index is 0.203. The number of methoxy groups -OCH3 is 1. The molecule has 5 rings (SSSR count). The third-order valence-corrected chi connectivity index (χ3v) is 7.61. The van der Waals surface area contributed by atoms with Crippen LogP contribution in [0.2, 0.25) is 0 Å². The summed E-state index contributed by atoms with van der Waals surface area (Å²) < 4.78 is 40.3. The summed E-state index contributed by atoms with van der Waals surface area (Å²) in [6.07, 6.45) is 0.280. The lowest BCUT2D eigenvalue weighted by Gasteiger charge is -2.34. The quantitative estimate of drug-likeness (QED) is 0.394. The topological polar surface area (TPSA) is 94.9 Å². The SMILES string of the molecule is COC(=O)c1cn(C(=O)[C@@H]2CN(S(=O)(=O)Cc3ccccc3)c3ccccc3O2)c2ccccc12. The molecular formula is C26H22N2O6S. The zero-order chi connectivity index (χ0) is 24.6. The van der Waals surface area contributed by atoms with Crippen molar-refractivity contribution < 1.29 is 27.5 Å². The van der Waals surface area contributed by atoms with E-state index in [0.29, 0.717) is 27.9 Å². The van der Waals surface area contributed by atoms with Crippen molar-refractivity contribution in [2.24, 2.45) is 0 Å². The first-order chi connectivity index (χ1) is 16.9. The van der Waals surface area contributed by atoms with Crippen LogP contribution in [-0.2, 0) is 20.5 Å². The molecule has 35 heavy (non-hydrogen) atoms. The maximum atomic E-state index is 13.6. The van der Waals surface area contributed by atoms with Gasteiger partial charge in [0.1, 0.15) is 5.75 Å². The molecule has 0 bridgehead atoms. The number of hydrogen-bond donors (Lipinski definition) is 0. The Bertz CT molecular complexity index is 1530. The van der Waals surface area contributed by atoms with Crippen molar-refractivity contribution >= 4 is 38.5 Å². The summed E-state index contributed by atoms with van der Waals surface area (Å²) in [7, 11) is -2.56. The van der Waals surface area contributed by atoms with E-state index in [9.17, 15) is 18.0 Å². The van der Waals surface area contributed by atoms with Crippen molar-refractivity contribution in [1.82, 2.24) is 4.57 Å². The van der Waals surface area contributed by atoms with Crippen LogP contribution in [0.5, 0.6) is 5.75 Å². The van der Waals surface area contributed by atoms with Gasteiger partial charge in [0, 0.05) is 11.6 Å². The molecule has 0 spiro atoms. The fourth-order valence-electron chi connectivity index (χ4n) is 4.25. The Balaban J connectivity index is 1.54. The number of carbonyl (C=O) groups is 2. The van der Waals surface area contributed by atoms with Gasteiger partial charge in [-0.1, -0.05) is 60.7 Å². The van der Waals surface area contributed by atoms with Crippen molar-refractivity contribution in [3.05, 3.63) is 96.2 Å². The number of ether oxygens (including phenoxy) is 2. The summed E-state index contributed by atoms with van der Waals surface area (Å²) in [6, 6.07) is 22.5. The zero-order valence-electron chi connectivity index (χ0n) is 18.8. The van der Waals surface area contributed by atoms with Crippen LogP contribution in [0.4, 0.5) is 5.69 Å². The average Bonchev–Trinajstić information content (AvgIpc) is 3.27. The van der Waals surface area contributed by atoms with Gasteiger partial charge in [-0.15, -0.1) is 0 Å². The van der Waals surface area contributed by atoms with Gasteiger partial charge in [0.25, 0.3) is 5.91 Å². The lowest BCUT2D eigenvalue weighted by Crippen LogP contribution is -2.48. The summed E-state index contributed by atoms with van der Waals surface area (Å²) in [4.78, 5) is 25.9. The standard InChI is InChI=1S/C26H22N2O6S/c1-33-26(30)20-15-27(21-12-6-5-11-19(20)21)25(29)24-16-28(22-13-7-8-14-23(22)34-24)35(31,32)17-18-9-3-2-4-10-18/h2-15,24H,16-17H2,1H3/t24-/m0/s1. The number of nitrogens with zero attached hydrogens (tertiary/aromatic N) is 2. The first kappa shape index (κ1) is 22.7. The van der Waals surface area contributed by atoms with E-state index in [1.807, 2.05) is 6.07 Å². The lowest BCUT2D eigenvalue weighted by atomic mass is 10.2. The van der Waals surface area contributed by atoms with E-state index < -0.39 is 28.0 Å². The van der Waals surface area contributed by atoms with Crippen molar-refractivity contribution in [1.29, 1.82) is 0 Å². The molecule has 1 aromatic heterocycles. The maximum Gasteiger partial charge on any atom is 0.340 e. The number of benzene rings is 3. The van der Waals surface area contributed by atoms with Gasteiger partial charge < -0.3 is 9.47 Å². The third kappa shape index (κ3) is 4.15.